The van der Waals surface area contributed by atoms with Gasteiger partial charge in [-0.05, 0) is 94.1 Å². The van der Waals surface area contributed by atoms with Crippen LogP contribution in [0.3, 0.4) is 0 Å². The van der Waals surface area contributed by atoms with Gasteiger partial charge in [-0.3, -0.25) is 14.4 Å². The molecule has 9 atom stereocenters. The predicted molar refractivity (Wildman–Crippen MR) is 219 cm³/mol. The summed E-state index contributed by atoms with van der Waals surface area (Å²) < 4.78 is 30.3. The van der Waals surface area contributed by atoms with Gasteiger partial charge in [0.15, 0.2) is 0 Å². The summed E-state index contributed by atoms with van der Waals surface area (Å²) in [6, 6.07) is 10.1. The Hall–Kier alpha value is -3.27. The van der Waals surface area contributed by atoms with Crippen LogP contribution < -0.4 is 20.3 Å². The second-order valence-corrected chi connectivity index (χ2v) is 19.7. The summed E-state index contributed by atoms with van der Waals surface area (Å²) in [4.78, 5) is 38.3. The van der Waals surface area contributed by atoms with E-state index in [1.807, 2.05) is 69.2 Å². The van der Waals surface area contributed by atoms with Crippen LogP contribution in [0.25, 0.3) is 11.1 Å². The first-order chi connectivity index (χ1) is 26.2. The Balaban J connectivity index is 1.47. The molecule has 4 aliphatic rings. The van der Waals surface area contributed by atoms with E-state index in [0.29, 0.717) is 42.2 Å². The minimum Gasteiger partial charge on any atom is -0.493 e. The predicted octanol–water partition coefficient (Wildman–Crippen LogP) is 3.57. The third-order valence-electron chi connectivity index (χ3n) is 12.5. The summed E-state index contributed by atoms with van der Waals surface area (Å²) in [5, 5.41) is 29.4. The standard InChI is InChI=1S/C42H65N5O8S/c1-11-54-39-27(22-47-38(37(26(3)49)36(24-48)55-47)41(51)44-35-21-30-20-34(25(35)2)42(30,4)5)13-12-14-33(39)28-17-29(19-32(18-28)46(8)9)40(50)43-31(23-45(6)7)15-16-56(10,52)53/h12-14,17-19,25-26,30-31,34-38,48-49H,11,15-16,20-24H2,1-10H3,(H,43,50)(H,44,51)/t25-,26-,30+,31-,34-,35-,36-,37+,38?/m0/s1. The van der Waals surface area contributed by atoms with Crippen LogP contribution >= 0.6 is 0 Å². The quantitative estimate of drug-likeness (QED) is 0.185. The fourth-order valence-corrected chi connectivity index (χ4v) is 10.0. The van der Waals surface area contributed by atoms with E-state index in [2.05, 4.69) is 31.4 Å². The third kappa shape index (κ3) is 9.70. The van der Waals surface area contributed by atoms with Gasteiger partial charge in [-0.25, -0.2) is 8.42 Å². The number of hydrogen-bond donors (Lipinski definition) is 4. The Bertz CT molecular complexity index is 1820. The van der Waals surface area contributed by atoms with Crippen molar-refractivity contribution in [3.05, 3.63) is 47.5 Å². The zero-order valence-corrected chi connectivity index (χ0v) is 35.7. The highest BCUT2D eigenvalue weighted by molar-refractivity contribution is 7.90. The smallest absolute Gasteiger partial charge is 0.251 e. The fraction of sp³-hybridized carbons (Fsp3) is 0.667. The molecule has 4 fully saturated rings. The maximum absolute atomic E-state index is 14.3. The van der Waals surface area contributed by atoms with Crippen molar-refractivity contribution in [1.82, 2.24) is 20.6 Å². The van der Waals surface area contributed by atoms with Gasteiger partial charge in [-0.15, -0.1) is 0 Å². The molecule has 2 aromatic carbocycles. The molecule has 0 radical (unpaired) electrons. The van der Waals surface area contributed by atoms with E-state index < -0.39 is 40.0 Å². The van der Waals surface area contributed by atoms with Crippen LogP contribution in [-0.2, 0) is 26.0 Å². The summed E-state index contributed by atoms with van der Waals surface area (Å²) >= 11 is 0. The number of benzene rings is 2. The summed E-state index contributed by atoms with van der Waals surface area (Å²) in [6.07, 6.45) is 1.86. The number of hydroxylamine groups is 2. The van der Waals surface area contributed by atoms with Crippen LogP contribution in [0, 0.1) is 29.1 Å². The molecule has 4 N–H and O–H groups in total. The van der Waals surface area contributed by atoms with E-state index in [-0.39, 0.29) is 48.6 Å². The van der Waals surface area contributed by atoms with Crippen molar-refractivity contribution in [1.29, 1.82) is 0 Å². The van der Waals surface area contributed by atoms with Crippen molar-refractivity contribution >= 4 is 27.3 Å². The summed E-state index contributed by atoms with van der Waals surface area (Å²) in [7, 11) is 4.32. The van der Waals surface area contributed by atoms with E-state index >= 15 is 0 Å². The molecule has 312 valence electrons. The Kier molecular flexibility index (Phi) is 13.9. The molecular weight excluding hydrogens is 735 g/mol. The van der Waals surface area contributed by atoms with Crippen LogP contribution in [0.1, 0.15) is 69.8 Å². The van der Waals surface area contributed by atoms with E-state index in [1.165, 1.54) is 12.7 Å². The lowest BCUT2D eigenvalue weighted by molar-refractivity contribution is -0.183. The van der Waals surface area contributed by atoms with E-state index in [4.69, 9.17) is 9.57 Å². The topological polar surface area (TPSA) is 161 Å². The van der Waals surface area contributed by atoms with Crippen molar-refractivity contribution < 1.29 is 37.8 Å². The molecule has 0 spiro atoms. The lowest BCUT2D eigenvalue weighted by Gasteiger charge is -2.62. The van der Waals surface area contributed by atoms with Gasteiger partial charge in [0.2, 0.25) is 5.91 Å². The van der Waals surface area contributed by atoms with Crippen molar-refractivity contribution in [3.63, 3.8) is 0 Å². The molecule has 1 aliphatic heterocycles. The summed E-state index contributed by atoms with van der Waals surface area (Å²) in [5.74, 6) is 0.693. The van der Waals surface area contributed by atoms with Crippen LogP contribution in [0.4, 0.5) is 5.69 Å². The number of ether oxygens (including phenoxy) is 1. The highest BCUT2D eigenvalue weighted by Crippen LogP contribution is 2.61. The monoisotopic (exact) mass is 799 g/mol. The molecule has 1 saturated heterocycles. The number of amides is 2. The molecule has 13 nitrogen and oxygen atoms in total. The lowest BCUT2D eigenvalue weighted by Crippen LogP contribution is -2.62. The van der Waals surface area contributed by atoms with Gasteiger partial charge in [0, 0.05) is 67.3 Å². The Morgan fingerprint density at radius 2 is 1.84 bits per heavy atom. The average Bonchev–Trinajstić information content (AvgIpc) is 3.49. The average molecular weight is 800 g/mol. The highest BCUT2D eigenvalue weighted by Gasteiger charge is 2.57. The first kappa shape index (κ1) is 43.8. The molecular formula is C42H65N5O8S. The molecule has 2 aromatic rings. The second kappa shape index (κ2) is 17.7. The number of rotatable bonds is 17. The Morgan fingerprint density at radius 3 is 2.41 bits per heavy atom. The van der Waals surface area contributed by atoms with Gasteiger partial charge >= 0.3 is 0 Å². The number of carbonyl (C=O) groups is 2. The number of aliphatic hydroxyl groups is 2. The van der Waals surface area contributed by atoms with Gasteiger partial charge in [-0.1, -0.05) is 39.0 Å². The van der Waals surface area contributed by atoms with Gasteiger partial charge in [-0.2, -0.15) is 5.06 Å². The second-order valence-electron chi connectivity index (χ2n) is 17.5. The van der Waals surface area contributed by atoms with E-state index in [1.54, 1.807) is 24.1 Å². The number of anilines is 1. The number of aliphatic hydroxyl groups excluding tert-OH is 2. The van der Waals surface area contributed by atoms with Gasteiger partial charge in [0.25, 0.3) is 5.91 Å². The minimum absolute atomic E-state index is 0.0134. The zero-order chi connectivity index (χ0) is 41.3. The van der Waals surface area contributed by atoms with E-state index in [9.17, 15) is 28.2 Å². The van der Waals surface area contributed by atoms with Crippen molar-refractivity contribution in [3.8, 4) is 16.9 Å². The van der Waals surface area contributed by atoms with Crippen molar-refractivity contribution in [2.24, 2.45) is 29.1 Å². The number of sulfone groups is 1. The third-order valence-corrected chi connectivity index (χ3v) is 13.5. The molecule has 1 unspecified atom stereocenters. The van der Waals surface area contributed by atoms with Crippen molar-refractivity contribution in [2.75, 3.05) is 64.9 Å². The number of nitrogens with one attached hydrogen (secondary N) is 2. The van der Waals surface area contributed by atoms with Crippen molar-refractivity contribution in [2.45, 2.75) is 90.8 Å². The van der Waals surface area contributed by atoms with Crippen LogP contribution in [0.2, 0.25) is 0 Å². The van der Waals surface area contributed by atoms with Gasteiger partial charge < -0.3 is 35.4 Å². The zero-order valence-electron chi connectivity index (χ0n) is 34.9. The Morgan fingerprint density at radius 1 is 1.12 bits per heavy atom. The summed E-state index contributed by atoms with van der Waals surface area (Å²) in [5.41, 5.74) is 3.64. The highest BCUT2D eigenvalue weighted by atomic mass is 32.2. The number of para-hydroxylation sites is 1. The first-order valence-corrected chi connectivity index (χ1v) is 22.0. The largest absolute Gasteiger partial charge is 0.493 e. The molecule has 6 rings (SSSR count). The molecule has 2 amide bonds. The molecule has 3 aliphatic carbocycles. The molecule has 56 heavy (non-hydrogen) atoms. The van der Waals surface area contributed by atoms with E-state index in [0.717, 1.165) is 28.8 Å². The maximum Gasteiger partial charge on any atom is 0.251 e. The Labute approximate surface area is 334 Å². The maximum atomic E-state index is 14.3. The molecule has 14 heteroatoms. The number of nitrogens with zero attached hydrogens (tertiary/aromatic N) is 3. The summed E-state index contributed by atoms with van der Waals surface area (Å²) in [6.45, 7) is 11.0. The number of fused-ring (bicyclic) bond motifs is 2. The SMILES string of the molecule is CCOc1c(CN2O[C@@H](CO)[C@@H]([C@H](C)O)C2C(=O)N[C@H]2C[C@H]3C[C@@H]([C@@H]2C)C3(C)C)cccc1-c1cc(C(=O)N[C@@H](CCS(C)(=O)=O)CN(C)C)cc(N(C)C)c1. The molecule has 2 bridgehead atoms. The van der Waals surface area contributed by atoms with Crippen LogP contribution in [0.5, 0.6) is 5.75 Å². The molecule has 1 heterocycles. The lowest BCUT2D eigenvalue weighted by atomic mass is 9.45. The van der Waals surface area contributed by atoms with Gasteiger partial charge in [0.05, 0.1) is 31.6 Å². The fourth-order valence-electron chi connectivity index (χ4n) is 9.33. The molecule has 0 aromatic heterocycles. The van der Waals surface area contributed by atoms with Crippen LogP contribution in [-0.4, -0.2) is 131 Å². The van der Waals surface area contributed by atoms with Gasteiger partial charge in [0.1, 0.15) is 27.7 Å². The first-order valence-electron chi connectivity index (χ1n) is 20.0. The van der Waals surface area contributed by atoms with Crippen LogP contribution in [0.15, 0.2) is 36.4 Å². The minimum atomic E-state index is -3.22. The number of hydrogen-bond acceptors (Lipinski definition) is 11. The normalized spacial score (nSPS) is 27.0. The molecule has 3 saturated carbocycles. The number of carbonyl (C=O) groups excluding carboxylic acids is 2. The number of likely N-dealkylation sites (N-methyl/N-ethyl adjacent to an activating group) is 1.